The van der Waals surface area contributed by atoms with Crippen molar-refractivity contribution < 1.29 is 17.4 Å². The zero-order valence-electron chi connectivity index (χ0n) is 10.3. The van der Waals surface area contributed by atoms with Gasteiger partial charge in [-0.25, -0.2) is 0 Å². The Hall–Kier alpha value is -1.98. The minimum atomic E-state index is -3.72. The molecule has 0 heterocycles. The molecule has 0 N–H and O–H groups in total. The molecule has 0 aliphatic heterocycles. The zero-order valence-corrected chi connectivity index (χ0v) is 11.1. The minimum Gasteiger partial charge on any atom is -0.307 e. The lowest BCUT2D eigenvalue weighted by Crippen LogP contribution is -2.06. The summed E-state index contributed by atoms with van der Waals surface area (Å²) in [6.45, 7) is 5.41. The van der Waals surface area contributed by atoms with Crippen molar-refractivity contribution in [3.05, 3.63) is 55.1 Å². The Kier molecular flexibility index (Phi) is 5.41. The van der Waals surface area contributed by atoms with Gasteiger partial charge in [0.25, 0.3) is 10.1 Å². The first-order valence-electron chi connectivity index (χ1n) is 5.42. The van der Waals surface area contributed by atoms with Gasteiger partial charge in [-0.05, 0) is 11.5 Å². The molecule has 0 atom stereocenters. The van der Waals surface area contributed by atoms with Crippen LogP contribution in [0, 0.1) is 0 Å². The lowest BCUT2D eigenvalue weighted by Gasteiger charge is -2.06. The summed E-state index contributed by atoms with van der Waals surface area (Å²) in [5, 5.41) is 1.54. The third-order valence-corrected chi connectivity index (χ3v) is 3.70. The number of hydrogen-bond donors (Lipinski definition) is 0. The van der Waals surface area contributed by atoms with Crippen molar-refractivity contribution in [2.24, 2.45) is 0 Å². The van der Waals surface area contributed by atoms with E-state index in [4.69, 9.17) is 8.98 Å². The van der Waals surface area contributed by atoms with E-state index in [1.165, 1.54) is 6.08 Å². The van der Waals surface area contributed by atoms with Crippen molar-refractivity contribution in [1.82, 2.24) is 0 Å². The van der Waals surface area contributed by atoms with Crippen molar-refractivity contribution in [3.63, 3.8) is 0 Å². The number of benzene rings is 2. The highest BCUT2D eigenvalue weighted by Crippen LogP contribution is 2.24. The second-order valence-corrected chi connectivity index (χ2v) is 5.09. The molecule has 0 fully saturated rings. The molecule has 0 saturated heterocycles. The SMILES string of the molecule is C=CCOS(=O)(=O)c1cccc2ccccc12.C=O. The molecule has 0 saturated carbocycles. The molecule has 100 valence electrons. The van der Waals surface area contributed by atoms with Gasteiger partial charge in [0.2, 0.25) is 0 Å². The Morgan fingerprint density at radius 3 is 2.37 bits per heavy atom. The van der Waals surface area contributed by atoms with E-state index in [0.717, 1.165) is 5.39 Å². The van der Waals surface area contributed by atoms with Gasteiger partial charge in [-0.1, -0.05) is 42.5 Å². The van der Waals surface area contributed by atoms with E-state index in [9.17, 15) is 8.42 Å². The monoisotopic (exact) mass is 278 g/mol. The standard InChI is InChI=1S/C13H12O3S.CH2O/c1-2-10-16-17(14,15)13-9-5-7-11-6-3-4-8-12(11)13;1-2/h2-9H,1,10H2;1H2. The number of carbonyl (C=O) groups is 1. The van der Waals surface area contributed by atoms with Crippen LogP contribution >= 0.6 is 0 Å². The quantitative estimate of drug-likeness (QED) is 0.637. The van der Waals surface area contributed by atoms with Gasteiger partial charge in [-0.2, -0.15) is 8.42 Å². The molecule has 4 nitrogen and oxygen atoms in total. The van der Waals surface area contributed by atoms with Crippen LogP contribution in [0.3, 0.4) is 0 Å². The van der Waals surface area contributed by atoms with Crippen LogP contribution in [0.1, 0.15) is 0 Å². The molecular weight excluding hydrogens is 264 g/mol. The Morgan fingerprint density at radius 2 is 1.68 bits per heavy atom. The van der Waals surface area contributed by atoms with E-state index in [1.807, 2.05) is 25.0 Å². The molecule has 0 amide bonds. The zero-order chi connectivity index (χ0) is 14.3. The molecule has 0 aromatic heterocycles. The van der Waals surface area contributed by atoms with Crippen LogP contribution in [0.5, 0.6) is 0 Å². The molecular formula is C14H14O4S. The number of rotatable bonds is 4. The molecule has 0 radical (unpaired) electrons. The molecule has 0 unspecified atom stereocenters. The maximum atomic E-state index is 11.9. The first-order valence-corrected chi connectivity index (χ1v) is 6.83. The van der Waals surface area contributed by atoms with Crippen LogP contribution in [0.15, 0.2) is 60.0 Å². The van der Waals surface area contributed by atoms with E-state index < -0.39 is 10.1 Å². The van der Waals surface area contributed by atoms with Crippen LogP contribution in [0.2, 0.25) is 0 Å². The predicted molar refractivity (Wildman–Crippen MR) is 74.4 cm³/mol. The Balaban J connectivity index is 0.000000861. The Labute approximate surface area is 112 Å². The maximum Gasteiger partial charge on any atom is 0.297 e. The van der Waals surface area contributed by atoms with Gasteiger partial charge in [-0.3, -0.25) is 4.18 Å². The molecule has 5 heteroatoms. The summed E-state index contributed by atoms with van der Waals surface area (Å²) in [4.78, 5) is 8.19. The molecule has 2 aromatic carbocycles. The smallest absolute Gasteiger partial charge is 0.297 e. The molecule has 2 rings (SSSR count). The fraction of sp³-hybridized carbons (Fsp3) is 0.0714. The predicted octanol–water partition coefficient (Wildman–Crippen LogP) is 2.55. The second-order valence-electron chi connectivity index (χ2n) is 3.50. The van der Waals surface area contributed by atoms with Gasteiger partial charge >= 0.3 is 0 Å². The van der Waals surface area contributed by atoms with Crippen LogP contribution in [-0.2, 0) is 19.1 Å². The summed E-state index contributed by atoms with van der Waals surface area (Å²) in [6, 6.07) is 12.4. The van der Waals surface area contributed by atoms with E-state index >= 15 is 0 Å². The van der Waals surface area contributed by atoms with Crippen molar-refractivity contribution in [3.8, 4) is 0 Å². The van der Waals surface area contributed by atoms with Crippen LogP contribution < -0.4 is 0 Å². The van der Waals surface area contributed by atoms with E-state index in [2.05, 4.69) is 6.58 Å². The van der Waals surface area contributed by atoms with Crippen LogP contribution in [0.25, 0.3) is 10.8 Å². The first kappa shape index (κ1) is 15.1. The molecule has 2 aromatic rings. The summed E-state index contributed by atoms with van der Waals surface area (Å²) in [7, 11) is -3.72. The van der Waals surface area contributed by atoms with Crippen molar-refractivity contribution in [2.45, 2.75) is 4.90 Å². The van der Waals surface area contributed by atoms with Crippen LogP contribution in [0.4, 0.5) is 0 Å². The van der Waals surface area contributed by atoms with Gasteiger partial charge in [-0.15, -0.1) is 6.58 Å². The lowest BCUT2D eigenvalue weighted by molar-refractivity contribution is -0.0979. The third kappa shape index (κ3) is 3.49. The van der Waals surface area contributed by atoms with Crippen molar-refractivity contribution in [2.75, 3.05) is 6.61 Å². The van der Waals surface area contributed by atoms with Gasteiger partial charge in [0.15, 0.2) is 0 Å². The lowest BCUT2D eigenvalue weighted by atomic mass is 10.1. The van der Waals surface area contributed by atoms with Gasteiger partial charge in [0.1, 0.15) is 11.7 Å². The van der Waals surface area contributed by atoms with Crippen LogP contribution in [-0.4, -0.2) is 21.8 Å². The van der Waals surface area contributed by atoms with E-state index in [-0.39, 0.29) is 11.5 Å². The number of carbonyl (C=O) groups excluding carboxylic acids is 1. The normalized spacial score (nSPS) is 10.5. The fourth-order valence-electron chi connectivity index (χ4n) is 1.61. The fourth-order valence-corrected chi connectivity index (χ4v) is 2.72. The van der Waals surface area contributed by atoms with Gasteiger partial charge < -0.3 is 4.79 Å². The van der Waals surface area contributed by atoms with Crippen molar-refractivity contribution in [1.29, 1.82) is 0 Å². The summed E-state index contributed by atoms with van der Waals surface area (Å²) in [6.07, 6.45) is 1.41. The highest BCUT2D eigenvalue weighted by atomic mass is 32.2. The Bertz CT molecular complexity index is 657. The molecule has 19 heavy (non-hydrogen) atoms. The number of hydrogen-bond acceptors (Lipinski definition) is 4. The second kappa shape index (κ2) is 6.82. The molecule has 0 spiro atoms. The third-order valence-electron chi connectivity index (χ3n) is 2.36. The van der Waals surface area contributed by atoms with Crippen molar-refractivity contribution >= 4 is 27.7 Å². The summed E-state index contributed by atoms with van der Waals surface area (Å²) in [5.41, 5.74) is 0. The first-order chi connectivity index (χ1) is 9.15. The minimum absolute atomic E-state index is 0.0223. The van der Waals surface area contributed by atoms with E-state index in [0.29, 0.717) is 5.39 Å². The molecule has 0 bridgehead atoms. The van der Waals surface area contributed by atoms with E-state index in [1.54, 1.807) is 24.3 Å². The number of fused-ring (bicyclic) bond motifs is 1. The highest BCUT2D eigenvalue weighted by molar-refractivity contribution is 7.87. The highest BCUT2D eigenvalue weighted by Gasteiger charge is 2.17. The Morgan fingerprint density at radius 1 is 1.05 bits per heavy atom. The maximum absolute atomic E-state index is 11.9. The largest absolute Gasteiger partial charge is 0.307 e. The summed E-state index contributed by atoms with van der Waals surface area (Å²) < 4.78 is 28.7. The summed E-state index contributed by atoms with van der Waals surface area (Å²) in [5.74, 6) is 0. The average Bonchev–Trinajstić information content (AvgIpc) is 2.46. The summed E-state index contributed by atoms with van der Waals surface area (Å²) >= 11 is 0. The molecule has 0 aliphatic rings. The van der Waals surface area contributed by atoms with Gasteiger partial charge in [0, 0.05) is 5.39 Å². The topological polar surface area (TPSA) is 60.4 Å². The van der Waals surface area contributed by atoms with Gasteiger partial charge in [0.05, 0.1) is 6.61 Å². The molecule has 0 aliphatic carbocycles. The average molecular weight is 278 g/mol.